The van der Waals surface area contributed by atoms with Gasteiger partial charge in [0.1, 0.15) is 0 Å². The number of piperazine rings is 1. The van der Waals surface area contributed by atoms with Gasteiger partial charge in [-0.15, -0.1) is 0 Å². The second kappa shape index (κ2) is 9.19. The quantitative estimate of drug-likeness (QED) is 0.777. The molecule has 0 aromatic carbocycles. The Morgan fingerprint density at radius 2 is 1.97 bits per heavy atom. The van der Waals surface area contributed by atoms with Crippen LogP contribution in [0.4, 0.5) is 10.5 Å². The Morgan fingerprint density at radius 3 is 2.75 bits per heavy atom. The van der Waals surface area contributed by atoms with Crippen LogP contribution in [-0.2, 0) is 11.3 Å². The summed E-state index contributed by atoms with van der Waals surface area (Å²) in [6, 6.07) is 4.45. The van der Waals surface area contributed by atoms with Crippen molar-refractivity contribution in [3.8, 4) is 0 Å². The molecular formula is C24H34N6O2. The number of aromatic nitrogens is 2. The fraction of sp³-hybridized carbons (Fsp3) is 0.625. The second-order valence-electron chi connectivity index (χ2n) is 9.73. The topological polar surface area (TPSA) is 73.2 Å². The molecule has 4 heterocycles. The van der Waals surface area contributed by atoms with E-state index < -0.39 is 0 Å². The lowest BCUT2D eigenvalue weighted by Gasteiger charge is -2.42. The Labute approximate surface area is 189 Å². The van der Waals surface area contributed by atoms with Crippen LogP contribution in [0.2, 0.25) is 0 Å². The van der Waals surface area contributed by atoms with Crippen molar-refractivity contribution in [1.82, 2.24) is 24.7 Å². The third-order valence-corrected chi connectivity index (χ3v) is 7.38. The Hall–Kier alpha value is -2.45. The number of carbonyl (C=O) groups excluding carboxylic acids is 2. The number of hydrogen-bond acceptors (Lipinski definition) is 5. The lowest BCUT2D eigenvalue weighted by molar-refractivity contribution is -0.120. The van der Waals surface area contributed by atoms with E-state index in [1.54, 1.807) is 15.6 Å². The Morgan fingerprint density at radius 1 is 1.12 bits per heavy atom. The third kappa shape index (κ3) is 4.52. The molecule has 0 bridgehead atoms. The van der Waals surface area contributed by atoms with Gasteiger partial charge in [0.25, 0.3) is 0 Å². The van der Waals surface area contributed by atoms with Crippen LogP contribution >= 0.6 is 0 Å². The van der Waals surface area contributed by atoms with E-state index in [-0.39, 0.29) is 11.9 Å². The van der Waals surface area contributed by atoms with Gasteiger partial charge in [-0.3, -0.25) is 24.8 Å². The Kier molecular flexibility index (Phi) is 6.15. The van der Waals surface area contributed by atoms with E-state index in [1.165, 1.54) is 44.2 Å². The molecule has 0 spiro atoms. The fourth-order valence-electron chi connectivity index (χ4n) is 5.56. The first-order chi connectivity index (χ1) is 15.6. The molecule has 1 atom stereocenters. The standard InChI is InChI=1S/C24H34N6O2/c1-18-15-27(11-12-28(18)17-19-5-3-2-4-6-19)16-20-7-10-30-21(13-20)22(14-25-30)29-9-8-23(31)26-24(29)32/h7,10,13-14,18-19H,2-6,8-9,11-12,15-17H2,1H3,(H,26,31,32)/t18-/m1/s1. The molecule has 3 amide bonds. The maximum atomic E-state index is 12.3. The largest absolute Gasteiger partial charge is 0.328 e. The predicted molar refractivity (Wildman–Crippen MR) is 124 cm³/mol. The first kappa shape index (κ1) is 21.4. The minimum Gasteiger partial charge on any atom is -0.298 e. The van der Waals surface area contributed by atoms with Gasteiger partial charge in [0, 0.05) is 57.9 Å². The number of amides is 3. The summed E-state index contributed by atoms with van der Waals surface area (Å²) in [7, 11) is 0. The van der Waals surface area contributed by atoms with Crippen molar-refractivity contribution < 1.29 is 9.59 Å². The monoisotopic (exact) mass is 438 g/mol. The van der Waals surface area contributed by atoms with Gasteiger partial charge in [0.05, 0.1) is 17.4 Å². The molecule has 2 saturated heterocycles. The maximum Gasteiger partial charge on any atom is 0.328 e. The molecule has 2 aromatic rings. The molecule has 2 aromatic heterocycles. The Balaban J connectivity index is 1.24. The average molecular weight is 439 g/mol. The molecule has 8 nitrogen and oxygen atoms in total. The van der Waals surface area contributed by atoms with Crippen molar-refractivity contribution in [1.29, 1.82) is 0 Å². The van der Waals surface area contributed by atoms with Crippen molar-refractivity contribution in [3.05, 3.63) is 30.1 Å². The maximum absolute atomic E-state index is 12.3. The summed E-state index contributed by atoms with van der Waals surface area (Å²) in [4.78, 5) is 30.6. The molecule has 3 aliphatic rings. The summed E-state index contributed by atoms with van der Waals surface area (Å²) in [5.41, 5.74) is 2.87. The summed E-state index contributed by atoms with van der Waals surface area (Å²) in [6.07, 6.45) is 11.0. The number of anilines is 1. The van der Waals surface area contributed by atoms with E-state index in [1.807, 2.05) is 6.20 Å². The summed E-state index contributed by atoms with van der Waals surface area (Å²) >= 11 is 0. The van der Waals surface area contributed by atoms with Gasteiger partial charge in [0.2, 0.25) is 5.91 Å². The van der Waals surface area contributed by atoms with Gasteiger partial charge >= 0.3 is 6.03 Å². The zero-order valence-electron chi connectivity index (χ0n) is 19.0. The molecule has 172 valence electrons. The van der Waals surface area contributed by atoms with Crippen LogP contribution in [0.1, 0.15) is 51.0 Å². The number of nitrogens with one attached hydrogen (secondary N) is 1. The van der Waals surface area contributed by atoms with Gasteiger partial charge in [-0.1, -0.05) is 19.3 Å². The van der Waals surface area contributed by atoms with E-state index in [4.69, 9.17) is 0 Å². The van der Waals surface area contributed by atoms with Gasteiger partial charge in [-0.2, -0.15) is 5.10 Å². The molecule has 0 unspecified atom stereocenters. The first-order valence-electron chi connectivity index (χ1n) is 12.1. The summed E-state index contributed by atoms with van der Waals surface area (Å²) < 4.78 is 1.80. The van der Waals surface area contributed by atoms with Crippen molar-refractivity contribution >= 4 is 23.1 Å². The van der Waals surface area contributed by atoms with E-state index in [0.717, 1.165) is 43.3 Å². The molecule has 1 saturated carbocycles. The zero-order chi connectivity index (χ0) is 22.1. The summed E-state index contributed by atoms with van der Waals surface area (Å²) in [6.45, 7) is 8.22. The van der Waals surface area contributed by atoms with Crippen LogP contribution in [-0.4, -0.2) is 70.1 Å². The minimum absolute atomic E-state index is 0.222. The molecular weight excluding hydrogens is 404 g/mol. The molecule has 32 heavy (non-hydrogen) atoms. The lowest BCUT2D eigenvalue weighted by Crippen LogP contribution is -2.52. The van der Waals surface area contributed by atoms with Crippen molar-refractivity contribution in [2.45, 2.75) is 58.0 Å². The van der Waals surface area contributed by atoms with Crippen molar-refractivity contribution in [2.24, 2.45) is 5.92 Å². The molecule has 3 fully saturated rings. The van der Waals surface area contributed by atoms with E-state index in [2.05, 4.69) is 39.3 Å². The fourth-order valence-corrected chi connectivity index (χ4v) is 5.56. The molecule has 1 aliphatic carbocycles. The van der Waals surface area contributed by atoms with Crippen molar-refractivity contribution in [2.75, 3.05) is 37.6 Å². The SMILES string of the molecule is C[C@@H]1CN(Cc2ccn3ncc(N4CCC(=O)NC4=O)c3c2)CCN1CC1CCCCC1. The number of fused-ring (bicyclic) bond motifs is 1. The van der Waals surface area contributed by atoms with Crippen LogP contribution in [0, 0.1) is 5.92 Å². The van der Waals surface area contributed by atoms with E-state index in [0.29, 0.717) is 19.0 Å². The smallest absolute Gasteiger partial charge is 0.298 e. The first-order valence-corrected chi connectivity index (χ1v) is 12.1. The van der Waals surface area contributed by atoms with Crippen LogP contribution in [0.15, 0.2) is 24.5 Å². The lowest BCUT2D eigenvalue weighted by atomic mass is 9.88. The highest BCUT2D eigenvalue weighted by molar-refractivity contribution is 6.07. The van der Waals surface area contributed by atoms with Gasteiger partial charge in [0.15, 0.2) is 0 Å². The van der Waals surface area contributed by atoms with Gasteiger partial charge < -0.3 is 0 Å². The third-order valence-electron chi connectivity index (χ3n) is 7.38. The number of nitrogens with zero attached hydrogens (tertiary/aromatic N) is 5. The Bertz CT molecular complexity index is 982. The number of pyridine rings is 1. The van der Waals surface area contributed by atoms with E-state index in [9.17, 15) is 9.59 Å². The highest BCUT2D eigenvalue weighted by Gasteiger charge is 2.28. The number of hydrogen-bond donors (Lipinski definition) is 1. The van der Waals surface area contributed by atoms with Crippen LogP contribution in [0.25, 0.3) is 5.52 Å². The average Bonchev–Trinajstić information content (AvgIpc) is 3.19. The minimum atomic E-state index is -0.371. The van der Waals surface area contributed by atoms with Gasteiger partial charge in [-0.25, -0.2) is 9.31 Å². The number of carbonyl (C=O) groups is 2. The molecule has 0 radical (unpaired) electrons. The molecule has 2 aliphatic heterocycles. The highest BCUT2D eigenvalue weighted by atomic mass is 16.2. The van der Waals surface area contributed by atoms with Crippen LogP contribution < -0.4 is 10.2 Å². The summed E-state index contributed by atoms with van der Waals surface area (Å²) in [5.74, 6) is 0.669. The van der Waals surface area contributed by atoms with Crippen LogP contribution in [0.5, 0.6) is 0 Å². The highest BCUT2D eigenvalue weighted by Crippen LogP contribution is 2.27. The number of rotatable bonds is 5. The van der Waals surface area contributed by atoms with Crippen LogP contribution in [0.3, 0.4) is 0 Å². The normalized spacial score (nSPS) is 24.3. The number of imide groups is 1. The van der Waals surface area contributed by atoms with E-state index >= 15 is 0 Å². The molecule has 1 N–H and O–H groups in total. The number of urea groups is 1. The second-order valence-corrected chi connectivity index (χ2v) is 9.73. The zero-order valence-corrected chi connectivity index (χ0v) is 19.0. The summed E-state index contributed by atoms with van der Waals surface area (Å²) in [5, 5.41) is 6.80. The van der Waals surface area contributed by atoms with Gasteiger partial charge in [-0.05, 0) is 43.4 Å². The predicted octanol–water partition coefficient (Wildman–Crippen LogP) is 2.87. The molecule has 5 rings (SSSR count). The van der Waals surface area contributed by atoms with Crippen molar-refractivity contribution in [3.63, 3.8) is 0 Å². The molecule has 8 heteroatoms.